The van der Waals surface area contributed by atoms with Crippen molar-refractivity contribution in [1.29, 1.82) is 0 Å². The summed E-state index contributed by atoms with van der Waals surface area (Å²) in [5, 5.41) is 4.49. The Morgan fingerprint density at radius 2 is 2.08 bits per heavy atom. The van der Waals surface area contributed by atoms with Gasteiger partial charge in [0.2, 0.25) is 5.91 Å². The van der Waals surface area contributed by atoms with E-state index in [-0.39, 0.29) is 11.9 Å². The van der Waals surface area contributed by atoms with E-state index in [4.69, 9.17) is 0 Å². The van der Waals surface area contributed by atoms with Crippen molar-refractivity contribution < 1.29 is 4.79 Å². The summed E-state index contributed by atoms with van der Waals surface area (Å²) in [6, 6.07) is 10.4. The van der Waals surface area contributed by atoms with E-state index in [2.05, 4.69) is 34.4 Å². The number of carbonyl (C=O) groups excluding carboxylic acids is 1. The molecule has 0 N–H and O–H groups in total. The smallest absolute Gasteiger partial charge is 0.222 e. The molecular formula is C20H26N4O. The lowest BCUT2D eigenvalue weighted by molar-refractivity contribution is -0.132. The average molecular weight is 338 g/mol. The van der Waals surface area contributed by atoms with Crippen molar-refractivity contribution in [3.8, 4) is 0 Å². The van der Waals surface area contributed by atoms with Gasteiger partial charge in [-0.1, -0.05) is 42.5 Å². The molecule has 132 valence electrons. The monoisotopic (exact) mass is 338 g/mol. The molecule has 1 aromatic carbocycles. The lowest BCUT2D eigenvalue weighted by Crippen LogP contribution is -2.41. The summed E-state index contributed by atoms with van der Waals surface area (Å²) in [5.41, 5.74) is 1.17. The lowest BCUT2D eigenvalue weighted by atomic mass is 10.0. The SMILES string of the molecule is Cc1nc(C)n([C@H]2CCCN(C(=O)CC/C=C\c3ccccc3)C2)n1. The van der Waals surface area contributed by atoms with Gasteiger partial charge in [0.15, 0.2) is 0 Å². The number of aryl methyl sites for hydroxylation is 2. The summed E-state index contributed by atoms with van der Waals surface area (Å²) < 4.78 is 1.99. The van der Waals surface area contributed by atoms with Crippen LogP contribution in [0.25, 0.3) is 6.08 Å². The van der Waals surface area contributed by atoms with Crippen molar-refractivity contribution in [2.45, 2.75) is 45.6 Å². The maximum absolute atomic E-state index is 12.5. The van der Waals surface area contributed by atoms with Crippen molar-refractivity contribution >= 4 is 12.0 Å². The van der Waals surface area contributed by atoms with Crippen molar-refractivity contribution in [3.05, 3.63) is 53.6 Å². The Morgan fingerprint density at radius 1 is 1.28 bits per heavy atom. The Bertz CT molecular complexity index is 735. The zero-order valence-electron chi connectivity index (χ0n) is 15.1. The highest BCUT2D eigenvalue weighted by atomic mass is 16.2. The molecule has 25 heavy (non-hydrogen) atoms. The molecule has 5 nitrogen and oxygen atoms in total. The van der Waals surface area contributed by atoms with E-state index in [1.807, 2.05) is 41.6 Å². The number of carbonyl (C=O) groups is 1. The highest BCUT2D eigenvalue weighted by Gasteiger charge is 2.26. The van der Waals surface area contributed by atoms with Gasteiger partial charge in [-0.3, -0.25) is 4.79 Å². The number of rotatable bonds is 5. The fraction of sp³-hybridized carbons (Fsp3) is 0.450. The molecule has 0 aliphatic carbocycles. The van der Waals surface area contributed by atoms with Crippen LogP contribution in [0, 0.1) is 13.8 Å². The zero-order chi connectivity index (χ0) is 17.6. The van der Waals surface area contributed by atoms with Crippen LogP contribution in [0.3, 0.4) is 0 Å². The maximum atomic E-state index is 12.5. The highest BCUT2D eigenvalue weighted by Crippen LogP contribution is 2.22. The molecule has 1 aliphatic rings. The molecule has 2 aromatic rings. The van der Waals surface area contributed by atoms with E-state index in [1.54, 1.807) is 0 Å². The predicted molar refractivity (Wildman–Crippen MR) is 99.1 cm³/mol. The number of amides is 1. The Hall–Kier alpha value is -2.43. The summed E-state index contributed by atoms with van der Waals surface area (Å²) in [6.07, 6.45) is 7.57. The highest BCUT2D eigenvalue weighted by molar-refractivity contribution is 5.76. The second kappa shape index (κ2) is 8.10. The number of benzene rings is 1. The van der Waals surface area contributed by atoms with Crippen LogP contribution in [0.1, 0.15) is 48.9 Å². The van der Waals surface area contributed by atoms with E-state index < -0.39 is 0 Å². The number of likely N-dealkylation sites (tertiary alicyclic amines) is 1. The molecule has 1 atom stereocenters. The molecule has 3 rings (SSSR count). The molecule has 1 amide bonds. The van der Waals surface area contributed by atoms with Crippen molar-refractivity contribution in [3.63, 3.8) is 0 Å². The molecule has 1 aliphatic heterocycles. The van der Waals surface area contributed by atoms with Gasteiger partial charge < -0.3 is 4.90 Å². The minimum atomic E-state index is 0.233. The summed E-state index contributed by atoms with van der Waals surface area (Å²) in [7, 11) is 0. The third-order valence-electron chi connectivity index (χ3n) is 4.64. The first-order valence-electron chi connectivity index (χ1n) is 9.02. The zero-order valence-corrected chi connectivity index (χ0v) is 15.1. The molecule has 1 aromatic heterocycles. The maximum Gasteiger partial charge on any atom is 0.222 e. The quantitative estimate of drug-likeness (QED) is 0.838. The number of hydrogen-bond donors (Lipinski definition) is 0. The molecule has 1 fully saturated rings. The topological polar surface area (TPSA) is 51.0 Å². The van der Waals surface area contributed by atoms with Gasteiger partial charge in [0.05, 0.1) is 6.04 Å². The molecule has 0 spiro atoms. The molecule has 0 saturated carbocycles. The van der Waals surface area contributed by atoms with Gasteiger partial charge in [-0.15, -0.1) is 0 Å². The fourth-order valence-electron chi connectivity index (χ4n) is 3.41. The van der Waals surface area contributed by atoms with E-state index in [9.17, 15) is 4.79 Å². The van der Waals surface area contributed by atoms with Crippen LogP contribution in [0.15, 0.2) is 36.4 Å². The van der Waals surface area contributed by atoms with Crippen molar-refractivity contribution in [2.75, 3.05) is 13.1 Å². The van der Waals surface area contributed by atoms with Gasteiger partial charge in [-0.2, -0.15) is 5.10 Å². The Labute approximate surface area is 149 Å². The van der Waals surface area contributed by atoms with E-state index in [1.165, 1.54) is 5.56 Å². The first kappa shape index (κ1) is 17.4. The van der Waals surface area contributed by atoms with Crippen LogP contribution in [-0.2, 0) is 4.79 Å². The summed E-state index contributed by atoms with van der Waals surface area (Å²) in [4.78, 5) is 18.9. The summed E-state index contributed by atoms with van der Waals surface area (Å²) in [5.74, 6) is 1.96. The third-order valence-corrected chi connectivity index (χ3v) is 4.64. The van der Waals surface area contributed by atoms with Crippen molar-refractivity contribution in [2.24, 2.45) is 0 Å². The number of nitrogens with zero attached hydrogens (tertiary/aromatic N) is 4. The molecule has 0 unspecified atom stereocenters. The minimum absolute atomic E-state index is 0.233. The Balaban J connectivity index is 1.52. The molecule has 0 bridgehead atoms. The fourth-order valence-corrected chi connectivity index (χ4v) is 3.41. The lowest BCUT2D eigenvalue weighted by Gasteiger charge is -2.33. The standard InChI is InChI=1S/C20H26N4O/c1-16-21-17(2)24(22-16)19-12-8-14-23(15-19)20(25)13-7-6-11-18-9-4-3-5-10-18/h3-6,9-11,19H,7-8,12-15H2,1-2H3/b11-6-/t19-/m0/s1. The van der Waals surface area contributed by atoms with Crippen molar-refractivity contribution in [1.82, 2.24) is 19.7 Å². The van der Waals surface area contributed by atoms with E-state index in [0.29, 0.717) is 6.42 Å². The van der Waals surface area contributed by atoms with Crippen LogP contribution < -0.4 is 0 Å². The number of allylic oxidation sites excluding steroid dienone is 1. The predicted octanol–water partition coefficient (Wildman–Crippen LogP) is 3.55. The van der Waals surface area contributed by atoms with Crippen LogP contribution in [0.4, 0.5) is 0 Å². The van der Waals surface area contributed by atoms with Gasteiger partial charge in [0.25, 0.3) is 0 Å². The Morgan fingerprint density at radius 3 is 2.80 bits per heavy atom. The second-order valence-corrected chi connectivity index (χ2v) is 6.64. The Kier molecular flexibility index (Phi) is 5.64. The second-order valence-electron chi connectivity index (χ2n) is 6.64. The number of aromatic nitrogens is 3. The van der Waals surface area contributed by atoms with Crippen LogP contribution >= 0.6 is 0 Å². The number of piperidine rings is 1. The third kappa shape index (κ3) is 4.56. The van der Waals surface area contributed by atoms with Gasteiger partial charge in [0.1, 0.15) is 11.6 Å². The first-order chi connectivity index (χ1) is 12.1. The normalized spacial score (nSPS) is 18.0. The minimum Gasteiger partial charge on any atom is -0.341 e. The van der Waals surface area contributed by atoms with Gasteiger partial charge in [0, 0.05) is 19.5 Å². The van der Waals surface area contributed by atoms with Gasteiger partial charge >= 0.3 is 0 Å². The molecule has 5 heteroatoms. The summed E-state index contributed by atoms with van der Waals surface area (Å²) >= 11 is 0. The molecule has 0 radical (unpaired) electrons. The first-order valence-corrected chi connectivity index (χ1v) is 9.02. The van der Waals surface area contributed by atoms with E-state index >= 15 is 0 Å². The molecule has 2 heterocycles. The van der Waals surface area contributed by atoms with Gasteiger partial charge in [-0.05, 0) is 38.7 Å². The molecule has 1 saturated heterocycles. The largest absolute Gasteiger partial charge is 0.341 e. The van der Waals surface area contributed by atoms with Gasteiger partial charge in [-0.25, -0.2) is 9.67 Å². The summed E-state index contributed by atoms with van der Waals surface area (Å²) in [6.45, 7) is 5.48. The van der Waals surface area contributed by atoms with E-state index in [0.717, 1.165) is 44.0 Å². The van der Waals surface area contributed by atoms with Crippen LogP contribution in [0.5, 0.6) is 0 Å². The number of hydrogen-bond acceptors (Lipinski definition) is 3. The molecular weight excluding hydrogens is 312 g/mol. The van der Waals surface area contributed by atoms with Crippen LogP contribution in [0.2, 0.25) is 0 Å². The van der Waals surface area contributed by atoms with Crippen LogP contribution in [-0.4, -0.2) is 38.7 Å². The average Bonchev–Trinajstić information content (AvgIpc) is 2.98.